The second-order valence-electron chi connectivity index (χ2n) is 4.51. The van der Waals surface area contributed by atoms with Crippen LogP contribution >= 0.6 is 23.2 Å². The number of halogens is 2. The van der Waals surface area contributed by atoms with Crippen molar-refractivity contribution >= 4 is 23.2 Å². The first kappa shape index (κ1) is 18.1. The van der Waals surface area contributed by atoms with Crippen molar-refractivity contribution < 1.29 is 14.6 Å². The molecule has 0 saturated carbocycles. The zero-order chi connectivity index (χ0) is 15.7. The van der Waals surface area contributed by atoms with Gasteiger partial charge in [-0.3, -0.25) is 0 Å². The molecule has 0 aromatic heterocycles. The average Bonchev–Trinajstić information content (AvgIpc) is 2.47. The third-order valence-electron chi connectivity index (χ3n) is 3.01. The summed E-state index contributed by atoms with van der Waals surface area (Å²) in [5.74, 6) is 1.69. The highest BCUT2D eigenvalue weighted by Crippen LogP contribution is 2.31. The summed E-state index contributed by atoms with van der Waals surface area (Å²) >= 11 is 11.1. The molecule has 0 spiro atoms. The minimum absolute atomic E-state index is 0.135. The number of hydrogen-bond acceptors (Lipinski definition) is 3. The third-order valence-corrected chi connectivity index (χ3v) is 3.32. The van der Waals surface area contributed by atoms with Crippen molar-refractivity contribution in [2.24, 2.45) is 0 Å². The fraction of sp³-hybridized carbons (Fsp3) is 0.500. The molecule has 0 aliphatic rings. The van der Waals surface area contributed by atoms with E-state index in [1.165, 1.54) is 0 Å². The summed E-state index contributed by atoms with van der Waals surface area (Å²) in [6.07, 6.45) is 3.94. The molecule has 0 bridgehead atoms. The summed E-state index contributed by atoms with van der Waals surface area (Å²) in [5, 5.41) is 8.86. The molecular formula is C16H22Cl2O3. The van der Waals surface area contributed by atoms with Gasteiger partial charge in [0.1, 0.15) is 22.6 Å². The molecule has 21 heavy (non-hydrogen) atoms. The summed E-state index contributed by atoms with van der Waals surface area (Å²) in [7, 11) is 0. The van der Waals surface area contributed by atoms with Gasteiger partial charge in [-0.1, -0.05) is 37.0 Å². The van der Waals surface area contributed by atoms with Gasteiger partial charge in [-0.2, -0.15) is 0 Å². The number of rotatable bonds is 9. The molecule has 0 atom stereocenters. The zero-order valence-electron chi connectivity index (χ0n) is 12.5. The van der Waals surface area contributed by atoms with Gasteiger partial charge in [0, 0.05) is 13.0 Å². The number of benzene rings is 1. The van der Waals surface area contributed by atoms with Gasteiger partial charge in [-0.15, -0.1) is 0 Å². The summed E-state index contributed by atoms with van der Waals surface area (Å²) < 4.78 is 11.7. The highest BCUT2D eigenvalue weighted by Gasteiger charge is 2.11. The van der Waals surface area contributed by atoms with Crippen LogP contribution in [-0.2, 0) is 12.8 Å². The van der Waals surface area contributed by atoms with Crippen LogP contribution in [0.1, 0.15) is 31.4 Å². The maximum absolute atomic E-state index is 8.86. The van der Waals surface area contributed by atoms with Crippen LogP contribution in [0.4, 0.5) is 0 Å². The Bertz CT molecular complexity index is 444. The van der Waals surface area contributed by atoms with E-state index >= 15 is 0 Å². The van der Waals surface area contributed by atoms with Crippen LogP contribution in [0, 0.1) is 0 Å². The fourth-order valence-corrected chi connectivity index (χ4v) is 2.08. The molecule has 0 heterocycles. The molecule has 0 saturated heterocycles. The molecule has 3 nitrogen and oxygen atoms in total. The molecule has 1 rings (SSSR count). The molecule has 0 unspecified atom stereocenters. The number of aliphatic hydroxyl groups excluding tert-OH is 1. The van der Waals surface area contributed by atoms with Crippen molar-refractivity contribution in [2.75, 3.05) is 19.8 Å². The Morgan fingerprint density at radius 2 is 1.76 bits per heavy atom. The molecule has 0 aliphatic heterocycles. The molecule has 118 valence electrons. The zero-order valence-corrected chi connectivity index (χ0v) is 14.0. The quantitative estimate of drug-likeness (QED) is 0.686. The van der Waals surface area contributed by atoms with Gasteiger partial charge < -0.3 is 14.6 Å². The molecule has 0 amide bonds. The van der Waals surface area contributed by atoms with Crippen molar-refractivity contribution in [3.8, 4) is 11.5 Å². The highest BCUT2D eigenvalue weighted by atomic mass is 35.5. The Labute approximate surface area is 136 Å². The van der Waals surface area contributed by atoms with Crippen LogP contribution in [0.3, 0.4) is 0 Å². The lowest BCUT2D eigenvalue weighted by molar-refractivity contribution is 0.231. The summed E-state index contributed by atoms with van der Waals surface area (Å²) in [5.41, 5.74) is 2.20. The van der Waals surface area contributed by atoms with E-state index in [0.717, 1.165) is 35.5 Å². The highest BCUT2D eigenvalue weighted by molar-refractivity contribution is 6.55. The van der Waals surface area contributed by atoms with E-state index in [4.69, 9.17) is 37.8 Å². The Kier molecular flexibility index (Phi) is 8.58. The molecule has 5 heteroatoms. The van der Waals surface area contributed by atoms with Crippen molar-refractivity contribution in [1.29, 1.82) is 0 Å². The topological polar surface area (TPSA) is 38.7 Å². The largest absolute Gasteiger partial charge is 0.493 e. The third kappa shape index (κ3) is 6.16. The van der Waals surface area contributed by atoms with E-state index in [-0.39, 0.29) is 11.1 Å². The maximum atomic E-state index is 8.86. The van der Waals surface area contributed by atoms with Crippen LogP contribution in [0.15, 0.2) is 22.7 Å². The van der Waals surface area contributed by atoms with Crippen LogP contribution < -0.4 is 9.47 Å². The van der Waals surface area contributed by atoms with Crippen molar-refractivity contribution in [3.05, 3.63) is 33.8 Å². The van der Waals surface area contributed by atoms with Crippen LogP contribution in [0.5, 0.6) is 11.5 Å². The lowest BCUT2D eigenvalue weighted by Crippen LogP contribution is -2.05. The lowest BCUT2D eigenvalue weighted by atomic mass is 10.0. The van der Waals surface area contributed by atoms with E-state index in [1.54, 1.807) is 6.08 Å². The van der Waals surface area contributed by atoms with E-state index < -0.39 is 0 Å². The van der Waals surface area contributed by atoms with Gasteiger partial charge in [0.15, 0.2) is 0 Å². The van der Waals surface area contributed by atoms with Gasteiger partial charge in [-0.05, 0) is 42.2 Å². The van der Waals surface area contributed by atoms with E-state index in [1.807, 2.05) is 12.1 Å². The van der Waals surface area contributed by atoms with E-state index in [9.17, 15) is 0 Å². The minimum Gasteiger partial charge on any atom is -0.493 e. The predicted molar refractivity (Wildman–Crippen MR) is 87.7 cm³/mol. The Morgan fingerprint density at radius 3 is 2.24 bits per heavy atom. The van der Waals surface area contributed by atoms with Crippen LogP contribution in [0.25, 0.3) is 0 Å². The Balaban J connectivity index is 2.91. The Morgan fingerprint density at radius 1 is 1.14 bits per heavy atom. The SMILES string of the molecule is CCc1cc(OCC=C(Cl)Cl)cc(CC)c1OCCCO. The lowest BCUT2D eigenvalue weighted by Gasteiger charge is -2.16. The molecule has 1 aromatic rings. The summed E-state index contributed by atoms with van der Waals surface area (Å²) in [6.45, 7) is 5.14. The van der Waals surface area contributed by atoms with E-state index in [0.29, 0.717) is 19.6 Å². The predicted octanol–water partition coefficient (Wildman–Crippen LogP) is 4.27. The molecular weight excluding hydrogens is 311 g/mol. The average molecular weight is 333 g/mol. The first-order valence-corrected chi connectivity index (χ1v) is 7.91. The number of hydrogen-bond donors (Lipinski definition) is 1. The van der Waals surface area contributed by atoms with Gasteiger partial charge in [0.05, 0.1) is 6.61 Å². The fourth-order valence-electron chi connectivity index (χ4n) is 1.96. The van der Waals surface area contributed by atoms with Crippen LogP contribution in [0.2, 0.25) is 0 Å². The monoisotopic (exact) mass is 332 g/mol. The van der Waals surface area contributed by atoms with Crippen molar-refractivity contribution in [3.63, 3.8) is 0 Å². The van der Waals surface area contributed by atoms with E-state index in [2.05, 4.69) is 13.8 Å². The molecule has 1 aromatic carbocycles. The first-order chi connectivity index (χ1) is 10.1. The number of aliphatic hydroxyl groups is 1. The first-order valence-electron chi connectivity index (χ1n) is 7.15. The summed E-state index contributed by atoms with van der Waals surface area (Å²) in [6, 6.07) is 3.95. The maximum Gasteiger partial charge on any atom is 0.125 e. The smallest absolute Gasteiger partial charge is 0.125 e. The molecule has 0 radical (unpaired) electrons. The Hall–Kier alpha value is -0.900. The second-order valence-corrected chi connectivity index (χ2v) is 5.52. The van der Waals surface area contributed by atoms with Gasteiger partial charge in [-0.25, -0.2) is 0 Å². The van der Waals surface area contributed by atoms with Gasteiger partial charge in [0.2, 0.25) is 0 Å². The van der Waals surface area contributed by atoms with Gasteiger partial charge >= 0.3 is 0 Å². The van der Waals surface area contributed by atoms with Crippen molar-refractivity contribution in [2.45, 2.75) is 33.1 Å². The van der Waals surface area contributed by atoms with Gasteiger partial charge in [0.25, 0.3) is 0 Å². The number of aryl methyl sites for hydroxylation is 2. The minimum atomic E-state index is 0.135. The second kappa shape index (κ2) is 9.93. The standard InChI is InChI=1S/C16H22Cl2O3/c1-3-12-10-14(20-9-6-15(17)18)11-13(4-2)16(12)21-8-5-7-19/h6,10-11,19H,3-5,7-9H2,1-2H3. The van der Waals surface area contributed by atoms with Crippen molar-refractivity contribution in [1.82, 2.24) is 0 Å². The molecule has 1 N–H and O–H groups in total. The molecule has 0 aliphatic carbocycles. The molecule has 0 fully saturated rings. The van der Waals surface area contributed by atoms with Crippen LogP contribution in [-0.4, -0.2) is 24.9 Å². The summed E-state index contributed by atoms with van der Waals surface area (Å²) in [4.78, 5) is 0. The normalized spacial score (nSPS) is 10.3. The number of ether oxygens (including phenoxy) is 2.